The van der Waals surface area contributed by atoms with E-state index < -0.39 is 6.36 Å². The Labute approximate surface area is 116 Å². The standard InChI is InChI=1S/C14H18F3NO2/c1-10(18-8-6-12(19)7-9-18)11-2-4-13(5-3-11)20-14(15,16)17/h2-5,10,12,19H,6-9H2,1H3. The van der Waals surface area contributed by atoms with E-state index >= 15 is 0 Å². The zero-order valence-corrected chi connectivity index (χ0v) is 11.2. The van der Waals surface area contributed by atoms with Crippen LogP contribution < -0.4 is 4.74 Å². The second-order valence-electron chi connectivity index (χ2n) is 5.06. The van der Waals surface area contributed by atoms with Crippen LogP contribution in [0.1, 0.15) is 31.4 Å². The zero-order chi connectivity index (χ0) is 14.8. The summed E-state index contributed by atoms with van der Waals surface area (Å²) in [6.07, 6.45) is -3.42. The van der Waals surface area contributed by atoms with E-state index in [-0.39, 0.29) is 17.9 Å². The van der Waals surface area contributed by atoms with Gasteiger partial charge in [-0.25, -0.2) is 0 Å². The molecule has 1 fully saturated rings. The minimum Gasteiger partial charge on any atom is -0.406 e. The molecule has 20 heavy (non-hydrogen) atoms. The van der Waals surface area contributed by atoms with Crippen molar-refractivity contribution in [1.29, 1.82) is 0 Å². The number of alkyl halides is 3. The highest BCUT2D eigenvalue weighted by Gasteiger charge is 2.31. The molecule has 1 N–H and O–H groups in total. The first-order chi connectivity index (χ1) is 9.35. The summed E-state index contributed by atoms with van der Waals surface area (Å²) in [5.74, 6) is -0.206. The summed E-state index contributed by atoms with van der Waals surface area (Å²) in [4.78, 5) is 2.21. The minimum atomic E-state index is -4.66. The largest absolute Gasteiger partial charge is 0.573 e. The Balaban J connectivity index is 1.98. The van der Waals surface area contributed by atoms with Crippen molar-refractivity contribution in [3.63, 3.8) is 0 Å². The molecule has 1 atom stereocenters. The number of aliphatic hydroxyl groups excluding tert-OH is 1. The van der Waals surface area contributed by atoms with Crippen LogP contribution >= 0.6 is 0 Å². The van der Waals surface area contributed by atoms with Crippen LogP contribution in [0.3, 0.4) is 0 Å². The molecule has 0 bridgehead atoms. The van der Waals surface area contributed by atoms with Crippen LogP contribution in [0.5, 0.6) is 5.75 Å². The summed E-state index contributed by atoms with van der Waals surface area (Å²) in [5, 5.41) is 9.47. The molecule has 1 aliphatic rings. The van der Waals surface area contributed by atoms with E-state index in [0.717, 1.165) is 31.5 Å². The van der Waals surface area contributed by atoms with E-state index in [9.17, 15) is 18.3 Å². The Morgan fingerprint density at radius 2 is 1.75 bits per heavy atom. The average Bonchev–Trinajstić information content (AvgIpc) is 2.38. The number of hydrogen-bond donors (Lipinski definition) is 1. The van der Waals surface area contributed by atoms with E-state index in [1.165, 1.54) is 12.1 Å². The summed E-state index contributed by atoms with van der Waals surface area (Å²) in [5.41, 5.74) is 0.941. The Morgan fingerprint density at radius 3 is 2.25 bits per heavy atom. The SMILES string of the molecule is CC(c1ccc(OC(F)(F)F)cc1)N1CCC(O)CC1. The second-order valence-corrected chi connectivity index (χ2v) is 5.06. The summed E-state index contributed by atoms with van der Waals surface area (Å²) in [7, 11) is 0. The van der Waals surface area contributed by atoms with Crippen molar-refractivity contribution < 1.29 is 23.0 Å². The first kappa shape index (κ1) is 15.1. The van der Waals surface area contributed by atoms with Gasteiger partial charge in [0.1, 0.15) is 5.75 Å². The van der Waals surface area contributed by atoms with E-state index in [2.05, 4.69) is 9.64 Å². The fourth-order valence-electron chi connectivity index (χ4n) is 2.43. The molecule has 2 rings (SSSR count). The predicted octanol–water partition coefficient (Wildman–Crippen LogP) is 3.10. The highest BCUT2D eigenvalue weighted by atomic mass is 19.4. The van der Waals surface area contributed by atoms with E-state index in [1.807, 2.05) is 6.92 Å². The highest BCUT2D eigenvalue weighted by Crippen LogP contribution is 2.27. The van der Waals surface area contributed by atoms with E-state index in [1.54, 1.807) is 12.1 Å². The van der Waals surface area contributed by atoms with Crippen LogP contribution in [0.2, 0.25) is 0 Å². The van der Waals surface area contributed by atoms with Gasteiger partial charge in [0, 0.05) is 19.1 Å². The molecule has 6 heteroatoms. The number of rotatable bonds is 3. The lowest BCUT2D eigenvalue weighted by Crippen LogP contribution is -2.37. The molecule has 0 amide bonds. The van der Waals surface area contributed by atoms with Gasteiger partial charge in [-0.3, -0.25) is 4.90 Å². The van der Waals surface area contributed by atoms with Crippen molar-refractivity contribution in [1.82, 2.24) is 4.90 Å². The topological polar surface area (TPSA) is 32.7 Å². The van der Waals surface area contributed by atoms with Crippen molar-refractivity contribution in [2.75, 3.05) is 13.1 Å². The molecule has 1 unspecified atom stereocenters. The van der Waals surface area contributed by atoms with Crippen molar-refractivity contribution >= 4 is 0 Å². The number of aliphatic hydroxyl groups is 1. The number of hydrogen-bond acceptors (Lipinski definition) is 3. The van der Waals surface area contributed by atoms with E-state index in [4.69, 9.17) is 0 Å². The third-order valence-electron chi connectivity index (χ3n) is 3.64. The number of benzene rings is 1. The Bertz CT molecular complexity index is 425. The third kappa shape index (κ3) is 4.11. The molecule has 1 saturated heterocycles. The summed E-state index contributed by atoms with van der Waals surface area (Å²) in [6, 6.07) is 6.08. The molecule has 0 saturated carbocycles. The maximum Gasteiger partial charge on any atom is 0.573 e. The van der Waals surface area contributed by atoms with Gasteiger partial charge in [-0.15, -0.1) is 13.2 Å². The maximum atomic E-state index is 12.1. The molecule has 112 valence electrons. The monoisotopic (exact) mass is 289 g/mol. The Kier molecular flexibility index (Phi) is 4.55. The maximum absolute atomic E-state index is 12.1. The van der Waals surface area contributed by atoms with Crippen LogP contribution in [0.15, 0.2) is 24.3 Å². The number of ether oxygens (including phenoxy) is 1. The van der Waals surface area contributed by atoms with Crippen molar-refractivity contribution in [2.24, 2.45) is 0 Å². The first-order valence-corrected chi connectivity index (χ1v) is 6.63. The van der Waals surface area contributed by atoms with Gasteiger partial charge >= 0.3 is 6.36 Å². The molecular weight excluding hydrogens is 271 g/mol. The summed E-state index contributed by atoms with van der Waals surface area (Å²) < 4.78 is 40.1. The van der Waals surface area contributed by atoms with Gasteiger partial charge in [0.25, 0.3) is 0 Å². The molecule has 3 nitrogen and oxygen atoms in total. The van der Waals surface area contributed by atoms with Crippen LogP contribution in [0.25, 0.3) is 0 Å². The van der Waals surface area contributed by atoms with Gasteiger partial charge in [-0.2, -0.15) is 0 Å². The van der Waals surface area contributed by atoms with Gasteiger partial charge in [0.15, 0.2) is 0 Å². The highest BCUT2D eigenvalue weighted by molar-refractivity contribution is 5.29. The number of halogens is 3. The molecule has 1 aromatic rings. The zero-order valence-electron chi connectivity index (χ0n) is 11.2. The van der Waals surface area contributed by atoms with Crippen molar-refractivity contribution in [3.8, 4) is 5.75 Å². The lowest BCUT2D eigenvalue weighted by Gasteiger charge is -2.34. The number of nitrogens with zero attached hydrogens (tertiary/aromatic N) is 1. The normalized spacial score (nSPS) is 19.9. The molecule has 1 aromatic carbocycles. The van der Waals surface area contributed by atoms with Crippen LogP contribution in [0, 0.1) is 0 Å². The third-order valence-corrected chi connectivity index (χ3v) is 3.64. The molecule has 1 aliphatic heterocycles. The lowest BCUT2D eigenvalue weighted by molar-refractivity contribution is -0.274. The van der Waals surface area contributed by atoms with Crippen LogP contribution in [-0.4, -0.2) is 35.6 Å². The fraction of sp³-hybridized carbons (Fsp3) is 0.571. The molecule has 1 heterocycles. The number of piperidine rings is 1. The van der Waals surface area contributed by atoms with Crippen molar-refractivity contribution in [3.05, 3.63) is 29.8 Å². The quantitative estimate of drug-likeness (QED) is 0.928. The van der Waals surface area contributed by atoms with Crippen LogP contribution in [0.4, 0.5) is 13.2 Å². The van der Waals surface area contributed by atoms with Gasteiger partial charge < -0.3 is 9.84 Å². The minimum absolute atomic E-state index is 0.113. The molecule has 0 radical (unpaired) electrons. The van der Waals surface area contributed by atoms with Crippen LogP contribution in [-0.2, 0) is 0 Å². The molecule has 0 spiro atoms. The second kappa shape index (κ2) is 6.01. The molecule has 0 aliphatic carbocycles. The van der Waals surface area contributed by atoms with Gasteiger partial charge in [0.2, 0.25) is 0 Å². The van der Waals surface area contributed by atoms with Gasteiger partial charge in [0.05, 0.1) is 6.10 Å². The molecule has 0 aromatic heterocycles. The van der Waals surface area contributed by atoms with E-state index in [0.29, 0.717) is 0 Å². The van der Waals surface area contributed by atoms with Gasteiger partial charge in [-0.05, 0) is 37.5 Å². The fourth-order valence-corrected chi connectivity index (χ4v) is 2.43. The molecular formula is C14H18F3NO2. The van der Waals surface area contributed by atoms with Crippen molar-refractivity contribution in [2.45, 2.75) is 38.3 Å². The Hall–Kier alpha value is -1.27. The lowest BCUT2D eigenvalue weighted by atomic mass is 10.0. The average molecular weight is 289 g/mol. The predicted molar refractivity (Wildman–Crippen MR) is 68.4 cm³/mol. The summed E-state index contributed by atoms with van der Waals surface area (Å²) in [6.45, 7) is 3.60. The smallest absolute Gasteiger partial charge is 0.406 e. The number of likely N-dealkylation sites (tertiary alicyclic amines) is 1. The Morgan fingerprint density at radius 1 is 1.20 bits per heavy atom. The summed E-state index contributed by atoms with van der Waals surface area (Å²) >= 11 is 0. The van der Waals surface area contributed by atoms with Gasteiger partial charge in [-0.1, -0.05) is 12.1 Å². The first-order valence-electron chi connectivity index (χ1n) is 6.63.